The number of hydrogen-bond donors (Lipinski definition) is 2. The molecular weight excluding hydrogens is 338 g/mol. The third-order valence-corrected chi connectivity index (χ3v) is 5.66. The topological polar surface area (TPSA) is 88.2 Å². The molecule has 6 nitrogen and oxygen atoms in total. The maximum atomic E-state index is 12.4. The monoisotopic (exact) mass is 359 g/mol. The van der Waals surface area contributed by atoms with Crippen molar-refractivity contribution in [2.24, 2.45) is 0 Å². The van der Waals surface area contributed by atoms with Crippen LogP contribution in [0.3, 0.4) is 0 Å². The molecule has 2 N–H and O–H groups in total. The van der Waals surface area contributed by atoms with Crippen molar-refractivity contribution in [2.75, 3.05) is 6.54 Å². The van der Waals surface area contributed by atoms with E-state index in [9.17, 15) is 13.2 Å². The van der Waals surface area contributed by atoms with Crippen LogP contribution < -0.4 is 10.0 Å². The Morgan fingerprint density at radius 2 is 1.92 bits per heavy atom. The fourth-order valence-corrected chi connectivity index (χ4v) is 3.92. The molecule has 1 aliphatic carbocycles. The SMILES string of the molecule is O=C(CNS(=O)(=O)c1ccc2c(c1)CCCC2)NCc1cccnc1. The van der Waals surface area contributed by atoms with Gasteiger partial charge in [0.1, 0.15) is 0 Å². The minimum absolute atomic E-state index is 0.216. The fourth-order valence-electron chi connectivity index (χ4n) is 2.89. The zero-order valence-corrected chi connectivity index (χ0v) is 14.7. The Morgan fingerprint density at radius 3 is 2.68 bits per heavy atom. The third kappa shape index (κ3) is 4.64. The van der Waals surface area contributed by atoms with Crippen molar-refractivity contribution in [2.45, 2.75) is 37.1 Å². The highest BCUT2D eigenvalue weighted by Crippen LogP contribution is 2.23. The van der Waals surface area contributed by atoms with Crippen molar-refractivity contribution in [3.05, 3.63) is 59.4 Å². The smallest absolute Gasteiger partial charge is 0.241 e. The molecule has 0 atom stereocenters. The molecule has 0 unspecified atom stereocenters. The predicted octanol–water partition coefficient (Wildman–Crippen LogP) is 1.56. The number of fused-ring (bicyclic) bond motifs is 1. The van der Waals surface area contributed by atoms with E-state index in [0.717, 1.165) is 36.8 Å². The molecule has 0 aliphatic heterocycles. The highest BCUT2D eigenvalue weighted by molar-refractivity contribution is 7.89. The molecule has 0 radical (unpaired) electrons. The molecule has 1 heterocycles. The van der Waals surface area contributed by atoms with E-state index < -0.39 is 10.0 Å². The molecule has 0 spiro atoms. The minimum atomic E-state index is -3.69. The van der Waals surface area contributed by atoms with Crippen LogP contribution in [0.1, 0.15) is 29.5 Å². The lowest BCUT2D eigenvalue weighted by atomic mass is 9.92. The second-order valence-electron chi connectivity index (χ2n) is 6.10. The first-order valence-electron chi connectivity index (χ1n) is 8.32. The van der Waals surface area contributed by atoms with Crippen molar-refractivity contribution in [3.8, 4) is 0 Å². The van der Waals surface area contributed by atoms with Crippen LogP contribution in [0.25, 0.3) is 0 Å². The quantitative estimate of drug-likeness (QED) is 0.819. The molecule has 7 heteroatoms. The molecule has 2 aromatic rings. The molecular formula is C18H21N3O3S. The number of amides is 1. The van der Waals surface area contributed by atoms with E-state index in [1.54, 1.807) is 30.6 Å². The van der Waals surface area contributed by atoms with Gasteiger partial charge in [-0.3, -0.25) is 9.78 Å². The number of aryl methyl sites for hydroxylation is 2. The van der Waals surface area contributed by atoms with E-state index in [0.29, 0.717) is 6.54 Å². The molecule has 25 heavy (non-hydrogen) atoms. The Kier molecular flexibility index (Phi) is 5.45. The Balaban J connectivity index is 1.57. The van der Waals surface area contributed by atoms with E-state index in [4.69, 9.17) is 0 Å². The average Bonchev–Trinajstić information content (AvgIpc) is 2.65. The zero-order valence-electron chi connectivity index (χ0n) is 13.9. The molecule has 132 valence electrons. The fraction of sp³-hybridized carbons (Fsp3) is 0.333. The minimum Gasteiger partial charge on any atom is -0.351 e. The number of rotatable bonds is 6. The van der Waals surface area contributed by atoms with Crippen LogP contribution in [0, 0.1) is 0 Å². The van der Waals surface area contributed by atoms with Crippen molar-refractivity contribution >= 4 is 15.9 Å². The van der Waals surface area contributed by atoms with Gasteiger partial charge < -0.3 is 5.32 Å². The number of nitrogens with zero attached hydrogens (tertiary/aromatic N) is 1. The van der Waals surface area contributed by atoms with Gasteiger partial charge in [0.05, 0.1) is 11.4 Å². The van der Waals surface area contributed by atoms with Gasteiger partial charge in [0.25, 0.3) is 0 Å². The maximum absolute atomic E-state index is 12.4. The molecule has 0 saturated heterocycles. The molecule has 1 amide bonds. The zero-order chi connectivity index (χ0) is 17.7. The summed E-state index contributed by atoms with van der Waals surface area (Å²) >= 11 is 0. The van der Waals surface area contributed by atoms with Crippen molar-refractivity contribution in [1.29, 1.82) is 0 Å². The molecule has 3 rings (SSSR count). The van der Waals surface area contributed by atoms with Gasteiger partial charge in [0.15, 0.2) is 0 Å². The molecule has 1 aromatic heterocycles. The Labute approximate surface area is 147 Å². The highest BCUT2D eigenvalue weighted by atomic mass is 32.2. The summed E-state index contributed by atoms with van der Waals surface area (Å²) in [6.07, 6.45) is 7.44. The van der Waals surface area contributed by atoms with E-state index >= 15 is 0 Å². The van der Waals surface area contributed by atoms with Crippen LogP contribution in [0.4, 0.5) is 0 Å². The van der Waals surface area contributed by atoms with Crippen LogP contribution in [-0.2, 0) is 34.2 Å². The number of sulfonamides is 1. The number of benzene rings is 1. The number of hydrogen-bond acceptors (Lipinski definition) is 4. The summed E-state index contributed by atoms with van der Waals surface area (Å²) in [6.45, 7) is 0.0208. The van der Waals surface area contributed by atoms with Gasteiger partial charge in [-0.05, 0) is 60.6 Å². The van der Waals surface area contributed by atoms with Crippen LogP contribution in [-0.4, -0.2) is 25.9 Å². The summed E-state index contributed by atoms with van der Waals surface area (Å²) in [5.74, 6) is -0.384. The van der Waals surface area contributed by atoms with Gasteiger partial charge >= 0.3 is 0 Å². The van der Waals surface area contributed by atoms with Crippen molar-refractivity contribution < 1.29 is 13.2 Å². The number of nitrogens with one attached hydrogen (secondary N) is 2. The Hall–Kier alpha value is -2.25. The number of pyridine rings is 1. The van der Waals surface area contributed by atoms with Crippen molar-refractivity contribution in [1.82, 2.24) is 15.0 Å². The van der Waals surface area contributed by atoms with Gasteiger partial charge in [-0.25, -0.2) is 13.1 Å². The summed E-state index contributed by atoms with van der Waals surface area (Å²) in [5, 5.41) is 2.67. The summed E-state index contributed by atoms with van der Waals surface area (Å²) in [6, 6.07) is 8.83. The lowest BCUT2D eigenvalue weighted by Crippen LogP contribution is -2.36. The van der Waals surface area contributed by atoms with E-state index in [1.165, 1.54) is 5.56 Å². The number of carbonyl (C=O) groups excluding carboxylic acids is 1. The molecule has 0 saturated carbocycles. The standard InChI is InChI=1S/C18H21N3O3S/c22-18(20-12-14-4-3-9-19-11-14)13-21-25(23,24)17-8-7-15-5-1-2-6-16(15)10-17/h3-4,7-11,21H,1-2,5-6,12-13H2,(H,20,22). The van der Waals surface area contributed by atoms with Crippen LogP contribution in [0.5, 0.6) is 0 Å². The largest absolute Gasteiger partial charge is 0.351 e. The first-order chi connectivity index (χ1) is 12.0. The van der Waals surface area contributed by atoms with E-state index in [2.05, 4.69) is 15.0 Å². The van der Waals surface area contributed by atoms with Crippen LogP contribution >= 0.6 is 0 Å². The van der Waals surface area contributed by atoms with Gasteiger partial charge in [-0.2, -0.15) is 0 Å². The molecule has 0 bridgehead atoms. The van der Waals surface area contributed by atoms with Gasteiger partial charge in [0.2, 0.25) is 15.9 Å². The molecule has 1 aromatic carbocycles. The first-order valence-corrected chi connectivity index (χ1v) is 9.80. The second-order valence-corrected chi connectivity index (χ2v) is 7.87. The van der Waals surface area contributed by atoms with Crippen LogP contribution in [0.2, 0.25) is 0 Å². The lowest BCUT2D eigenvalue weighted by Gasteiger charge is -2.16. The summed E-state index contributed by atoms with van der Waals surface area (Å²) < 4.78 is 27.2. The molecule has 0 fully saturated rings. The normalized spacial score (nSPS) is 13.9. The first kappa shape index (κ1) is 17.6. The second kappa shape index (κ2) is 7.76. The summed E-state index contributed by atoms with van der Waals surface area (Å²) in [5.41, 5.74) is 3.17. The number of carbonyl (C=O) groups is 1. The van der Waals surface area contributed by atoms with Gasteiger partial charge in [-0.15, -0.1) is 0 Å². The molecule has 1 aliphatic rings. The Morgan fingerprint density at radius 1 is 1.12 bits per heavy atom. The summed E-state index contributed by atoms with van der Waals surface area (Å²) in [7, 11) is -3.69. The van der Waals surface area contributed by atoms with Crippen LogP contribution in [0.15, 0.2) is 47.6 Å². The Bertz CT molecular complexity index is 851. The maximum Gasteiger partial charge on any atom is 0.241 e. The highest BCUT2D eigenvalue weighted by Gasteiger charge is 2.18. The van der Waals surface area contributed by atoms with Gasteiger partial charge in [-0.1, -0.05) is 12.1 Å². The van der Waals surface area contributed by atoms with Gasteiger partial charge in [0, 0.05) is 18.9 Å². The summed E-state index contributed by atoms with van der Waals surface area (Å²) in [4.78, 5) is 16.0. The van der Waals surface area contributed by atoms with E-state index in [1.807, 2.05) is 12.1 Å². The lowest BCUT2D eigenvalue weighted by molar-refractivity contribution is -0.120. The van der Waals surface area contributed by atoms with Crippen molar-refractivity contribution in [3.63, 3.8) is 0 Å². The predicted molar refractivity (Wildman–Crippen MR) is 94.4 cm³/mol. The van der Waals surface area contributed by atoms with E-state index in [-0.39, 0.29) is 17.3 Å². The third-order valence-electron chi connectivity index (χ3n) is 4.27. The number of aromatic nitrogens is 1. The average molecular weight is 359 g/mol.